The number of nitrogens with one attached hydrogen (secondary N) is 1. The van der Waals surface area contributed by atoms with Crippen molar-refractivity contribution in [3.05, 3.63) is 35.4 Å². The summed E-state index contributed by atoms with van der Waals surface area (Å²) in [6, 6.07) is 8.58. The summed E-state index contributed by atoms with van der Waals surface area (Å²) in [7, 11) is 1.97. The Morgan fingerprint density at radius 1 is 1.23 bits per heavy atom. The lowest BCUT2D eigenvalue weighted by Gasteiger charge is -2.09. The Kier molecular flexibility index (Phi) is 3.93. The lowest BCUT2D eigenvalue weighted by molar-refractivity contribution is 0.282. The van der Waals surface area contributed by atoms with Crippen molar-refractivity contribution in [3.8, 4) is 0 Å². The van der Waals surface area contributed by atoms with Crippen LogP contribution in [0.25, 0.3) is 0 Å². The number of aliphatic hydroxyl groups excluding tert-OH is 1. The average Bonchev–Trinajstić information content (AvgIpc) is 2.19. The van der Waals surface area contributed by atoms with Crippen molar-refractivity contribution in [2.24, 2.45) is 0 Å². The van der Waals surface area contributed by atoms with E-state index in [-0.39, 0.29) is 6.61 Å². The molecule has 1 aromatic carbocycles. The second kappa shape index (κ2) is 5.00. The highest BCUT2D eigenvalue weighted by atomic mass is 16.3. The Balaban J connectivity index is 2.58. The quantitative estimate of drug-likeness (QED) is 0.731. The summed E-state index contributed by atoms with van der Waals surface area (Å²) in [6.07, 6.45) is 1.03. The summed E-state index contributed by atoms with van der Waals surface area (Å²) < 4.78 is 0. The maximum absolute atomic E-state index is 8.84. The Morgan fingerprint density at radius 2 is 1.77 bits per heavy atom. The fourth-order valence-corrected chi connectivity index (χ4v) is 1.24. The molecule has 0 radical (unpaired) electrons. The van der Waals surface area contributed by atoms with Gasteiger partial charge < -0.3 is 10.4 Å². The van der Waals surface area contributed by atoms with Crippen molar-refractivity contribution in [1.82, 2.24) is 5.32 Å². The fourth-order valence-electron chi connectivity index (χ4n) is 1.24. The summed E-state index contributed by atoms with van der Waals surface area (Å²) in [4.78, 5) is 0. The normalized spacial score (nSPS) is 12.8. The first-order chi connectivity index (χ1) is 6.26. The van der Waals surface area contributed by atoms with Gasteiger partial charge in [0.2, 0.25) is 0 Å². The molecule has 1 aromatic rings. The molecule has 0 bridgehead atoms. The predicted molar refractivity (Wildman–Crippen MR) is 54.6 cm³/mol. The molecule has 0 aliphatic rings. The van der Waals surface area contributed by atoms with Crippen molar-refractivity contribution in [3.63, 3.8) is 0 Å². The highest BCUT2D eigenvalue weighted by molar-refractivity contribution is 5.22. The lowest BCUT2D eigenvalue weighted by Crippen LogP contribution is -2.23. The Bertz CT molecular complexity index is 243. The van der Waals surface area contributed by atoms with E-state index in [1.54, 1.807) is 0 Å². The van der Waals surface area contributed by atoms with Crippen LogP contribution in [0.15, 0.2) is 24.3 Å². The zero-order valence-corrected chi connectivity index (χ0v) is 8.25. The van der Waals surface area contributed by atoms with E-state index in [2.05, 4.69) is 24.4 Å². The maximum atomic E-state index is 8.84. The van der Waals surface area contributed by atoms with Gasteiger partial charge in [-0.25, -0.2) is 0 Å². The number of hydrogen-bond donors (Lipinski definition) is 2. The molecule has 1 atom stereocenters. The van der Waals surface area contributed by atoms with E-state index in [9.17, 15) is 0 Å². The van der Waals surface area contributed by atoms with Crippen LogP contribution in [-0.2, 0) is 13.0 Å². The fraction of sp³-hybridized carbons (Fsp3) is 0.455. The number of aliphatic hydroxyl groups is 1. The molecule has 0 aromatic heterocycles. The minimum Gasteiger partial charge on any atom is -0.392 e. The average molecular weight is 179 g/mol. The topological polar surface area (TPSA) is 32.3 Å². The molecule has 0 spiro atoms. The monoisotopic (exact) mass is 179 g/mol. The van der Waals surface area contributed by atoms with Gasteiger partial charge in [0, 0.05) is 6.04 Å². The number of benzene rings is 1. The van der Waals surface area contributed by atoms with Crippen LogP contribution in [0, 0.1) is 0 Å². The van der Waals surface area contributed by atoms with Gasteiger partial charge in [0.1, 0.15) is 0 Å². The summed E-state index contributed by atoms with van der Waals surface area (Å²) in [5.74, 6) is 0. The van der Waals surface area contributed by atoms with Crippen LogP contribution in [-0.4, -0.2) is 18.2 Å². The molecule has 0 aliphatic carbocycles. The molecule has 72 valence electrons. The van der Waals surface area contributed by atoms with Gasteiger partial charge in [-0.3, -0.25) is 0 Å². The second-order valence-corrected chi connectivity index (χ2v) is 3.37. The van der Waals surface area contributed by atoms with Crippen molar-refractivity contribution in [2.75, 3.05) is 7.05 Å². The first-order valence-corrected chi connectivity index (χ1v) is 4.62. The third-order valence-corrected chi connectivity index (χ3v) is 2.24. The van der Waals surface area contributed by atoms with E-state index >= 15 is 0 Å². The molecular weight excluding hydrogens is 162 g/mol. The van der Waals surface area contributed by atoms with Crippen LogP contribution in [0.5, 0.6) is 0 Å². The highest BCUT2D eigenvalue weighted by Crippen LogP contribution is 2.06. The Labute approximate surface area is 79.6 Å². The zero-order chi connectivity index (χ0) is 9.68. The van der Waals surface area contributed by atoms with Crippen molar-refractivity contribution in [1.29, 1.82) is 0 Å². The third-order valence-electron chi connectivity index (χ3n) is 2.24. The van der Waals surface area contributed by atoms with Crippen LogP contribution in [0.4, 0.5) is 0 Å². The molecule has 0 saturated heterocycles. The number of likely N-dealkylation sites (N-methyl/N-ethyl adjacent to an activating group) is 1. The first-order valence-electron chi connectivity index (χ1n) is 4.62. The molecule has 2 nitrogen and oxygen atoms in total. The van der Waals surface area contributed by atoms with Gasteiger partial charge in [-0.05, 0) is 31.5 Å². The first kappa shape index (κ1) is 10.2. The number of hydrogen-bond acceptors (Lipinski definition) is 2. The minimum atomic E-state index is 0.127. The molecule has 2 N–H and O–H groups in total. The highest BCUT2D eigenvalue weighted by Gasteiger charge is 1.99. The van der Waals surface area contributed by atoms with Gasteiger partial charge in [0.25, 0.3) is 0 Å². The minimum absolute atomic E-state index is 0.127. The second-order valence-electron chi connectivity index (χ2n) is 3.37. The molecule has 1 rings (SSSR count). The van der Waals surface area contributed by atoms with Gasteiger partial charge in [0.15, 0.2) is 0 Å². The SMILES string of the molecule is CNC(C)Cc1ccc(CO)cc1. The van der Waals surface area contributed by atoms with Crippen LogP contribution in [0.1, 0.15) is 18.1 Å². The molecule has 0 saturated carbocycles. The van der Waals surface area contributed by atoms with E-state index in [0.29, 0.717) is 6.04 Å². The van der Waals surface area contributed by atoms with Crippen LogP contribution < -0.4 is 5.32 Å². The van der Waals surface area contributed by atoms with Gasteiger partial charge in [-0.2, -0.15) is 0 Å². The van der Waals surface area contributed by atoms with Crippen LogP contribution in [0.2, 0.25) is 0 Å². The largest absolute Gasteiger partial charge is 0.392 e. The zero-order valence-electron chi connectivity index (χ0n) is 8.25. The molecule has 0 amide bonds. The van der Waals surface area contributed by atoms with E-state index in [4.69, 9.17) is 5.11 Å². The van der Waals surface area contributed by atoms with Crippen molar-refractivity contribution in [2.45, 2.75) is 26.0 Å². The molecule has 0 fully saturated rings. The van der Waals surface area contributed by atoms with Gasteiger partial charge in [-0.1, -0.05) is 24.3 Å². The summed E-state index contributed by atoms with van der Waals surface area (Å²) >= 11 is 0. The van der Waals surface area contributed by atoms with Gasteiger partial charge >= 0.3 is 0 Å². The van der Waals surface area contributed by atoms with Gasteiger partial charge in [0.05, 0.1) is 6.61 Å². The van der Waals surface area contributed by atoms with E-state index < -0.39 is 0 Å². The molecular formula is C11H17NO. The Hall–Kier alpha value is -0.860. The van der Waals surface area contributed by atoms with Crippen LogP contribution in [0.3, 0.4) is 0 Å². The molecule has 13 heavy (non-hydrogen) atoms. The van der Waals surface area contributed by atoms with Gasteiger partial charge in [-0.15, -0.1) is 0 Å². The molecule has 0 heterocycles. The van der Waals surface area contributed by atoms with E-state index in [1.807, 2.05) is 19.2 Å². The summed E-state index contributed by atoms with van der Waals surface area (Å²) in [5, 5.41) is 12.0. The summed E-state index contributed by atoms with van der Waals surface area (Å²) in [6.45, 7) is 2.28. The molecule has 1 unspecified atom stereocenters. The predicted octanol–water partition coefficient (Wildman–Crippen LogP) is 1.33. The maximum Gasteiger partial charge on any atom is 0.0681 e. The van der Waals surface area contributed by atoms with E-state index in [1.165, 1.54) is 5.56 Å². The lowest BCUT2D eigenvalue weighted by atomic mass is 10.1. The third kappa shape index (κ3) is 3.17. The van der Waals surface area contributed by atoms with Crippen molar-refractivity contribution < 1.29 is 5.11 Å². The number of rotatable bonds is 4. The summed E-state index contributed by atoms with van der Waals surface area (Å²) in [5.41, 5.74) is 2.28. The standard InChI is InChI=1S/C11H17NO/c1-9(12-2)7-10-3-5-11(8-13)6-4-10/h3-6,9,12-13H,7-8H2,1-2H3. The molecule has 0 aliphatic heterocycles. The van der Waals surface area contributed by atoms with Crippen molar-refractivity contribution >= 4 is 0 Å². The Morgan fingerprint density at radius 3 is 2.23 bits per heavy atom. The smallest absolute Gasteiger partial charge is 0.0681 e. The molecule has 2 heteroatoms. The van der Waals surface area contributed by atoms with E-state index in [0.717, 1.165) is 12.0 Å². The van der Waals surface area contributed by atoms with Crippen LogP contribution >= 0.6 is 0 Å².